The van der Waals surface area contributed by atoms with Crippen LogP contribution in [0, 0.1) is 0 Å². The molecule has 2 rings (SSSR count). The smallest absolute Gasteiger partial charge is 0.145 e. The lowest BCUT2D eigenvalue weighted by Gasteiger charge is -2.07. The fraction of sp³-hybridized carbons (Fsp3) is 0.0833. The number of ether oxygens (including phenoxy) is 1. The number of nitrogens with zero attached hydrogens (tertiary/aromatic N) is 1. The summed E-state index contributed by atoms with van der Waals surface area (Å²) >= 11 is 9.20. The number of rotatable bonds is 3. The highest BCUT2D eigenvalue weighted by Gasteiger charge is 2.02. The predicted octanol–water partition coefficient (Wildman–Crippen LogP) is 4.38. The second-order valence-electron chi connectivity index (χ2n) is 3.18. The van der Waals surface area contributed by atoms with Gasteiger partial charge >= 0.3 is 0 Å². The minimum atomic E-state index is 0.480. The van der Waals surface area contributed by atoms with E-state index in [2.05, 4.69) is 20.9 Å². The van der Waals surface area contributed by atoms with Gasteiger partial charge in [-0.15, -0.1) is 11.6 Å². The number of halogens is 2. The van der Waals surface area contributed by atoms with Crippen LogP contribution in [-0.4, -0.2) is 4.98 Å². The summed E-state index contributed by atoms with van der Waals surface area (Å²) in [6, 6.07) is 9.40. The number of aromatic nitrogens is 1. The van der Waals surface area contributed by atoms with Gasteiger partial charge in [0.05, 0.1) is 6.20 Å². The first-order valence-electron chi connectivity index (χ1n) is 4.72. The van der Waals surface area contributed by atoms with Crippen molar-refractivity contribution in [1.29, 1.82) is 0 Å². The second kappa shape index (κ2) is 5.32. The molecule has 2 nitrogen and oxygen atoms in total. The number of hydrogen-bond acceptors (Lipinski definition) is 2. The molecule has 0 aliphatic carbocycles. The zero-order valence-electron chi connectivity index (χ0n) is 8.36. The Balaban J connectivity index is 2.20. The highest BCUT2D eigenvalue weighted by molar-refractivity contribution is 9.10. The van der Waals surface area contributed by atoms with Crippen LogP contribution in [0.15, 0.2) is 47.2 Å². The normalized spacial score (nSPS) is 10.1. The molecule has 0 aliphatic heterocycles. The van der Waals surface area contributed by atoms with E-state index in [9.17, 15) is 0 Å². The maximum absolute atomic E-state index is 5.76. The standard InChI is InChI=1S/C12H9BrClNO/c13-12-6-10(4-3-9(12)7-14)16-11-2-1-5-15-8-11/h1-6,8H,7H2. The molecule has 0 fully saturated rings. The van der Waals surface area contributed by atoms with Crippen molar-refractivity contribution in [3.05, 3.63) is 52.8 Å². The molecule has 1 aromatic carbocycles. The highest BCUT2D eigenvalue weighted by atomic mass is 79.9. The van der Waals surface area contributed by atoms with Crippen molar-refractivity contribution < 1.29 is 4.74 Å². The number of pyridine rings is 1. The predicted molar refractivity (Wildman–Crippen MR) is 68.0 cm³/mol. The Morgan fingerprint density at radius 3 is 2.75 bits per heavy atom. The Bertz CT molecular complexity index is 476. The number of alkyl halides is 1. The first-order valence-corrected chi connectivity index (χ1v) is 6.04. The Hall–Kier alpha value is -1.06. The molecular formula is C12H9BrClNO. The van der Waals surface area contributed by atoms with Gasteiger partial charge in [0.2, 0.25) is 0 Å². The summed E-state index contributed by atoms with van der Waals surface area (Å²) in [4.78, 5) is 3.98. The third-order valence-electron chi connectivity index (χ3n) is 2.04. The molecule has 0 aliphatic rings. The lowest BCUT2D eigenvalue weighted by Crippen LogP contribution is -1.87. The monoisotopic (exact) mass is 297 g/mol. The van der Waals surface area contributed by atoms with E-state index >= 15 is 0 Å². The van der Waals surface area contributed by atoms with Gasteiger partial charge in [0.25, 0.3) is 0 Å². The maximum Gasteiger partial charge on any atom is 0.145 e. The Morgan fingerprint density at radius 1 is 1.25 bits per heavy atom. The van der Waals surface area contributed by atoms with Crippen LogP contribution in [0.2, 0.25) is 0 Å². The average Bonchev–Trinajstić information content (AvgIpc) is 2.31. The molecule has 0 saturated carbocycles. The van der Waals surface area contributed by atoms with E-state index in [1.807, 2.05) is 30.3 Å². The molecule has 0 saturated heterocycles. The summed E-state index contributed by atoms with van der Waals surface area (Å²) in [7, 11) is 0. The van der Waals surface area contributed by atoms with Crippen LogP contribution in [0.25, 0.3) is 0 Å². The Labute approximate surface area is 107 Å². The van der Waals surface area contributed by atoms with Crippen molar-refractivity contribution in [3.8, 4) is 11.5 Å². The van der Waals surface area contributed by atoms with Gasteiger partial charge in [0.15, 0.2) is 0 Å². The second-order valence-corrected chi connectivity index (χ2v) is 4.30. The van der Waals surface area contributed by atoms with Crippen LogP contribution in [-0.2, 0) is 5.88 Å². The zero-order chi connectivity index (χ0) is 11.4. The quantitative estimate of drug-likeness (QED) is 0.785. The van der Waals surface area contributed by atoms with Crippen LogP contribution >= 0.6 is 27.5 Å². The van der Waals surface area contributed by atoms with E-state index < -0.39 is 0 Å². The van der Waals surface area contributed by atoms with E-state index in [1.54, 1.807) is 12.4 Å². The van der Waals surface area contributed by atoms with Gasteiger partial charge in [0, 0.05) is 16.5 Å². The van der Waals surface area contributed by atoms with E-state index in [1.165, 1.54) is 0 Å². The van der Waals surface area contributed by atoms with Crippen molar-refractivity contribution in [2.75, 3.05) is 0 Å². The third kappa shape index (κ3) is 2.74. The SMILES string of the molecule is ClCc1ccc(Oc2cccnc2)cc1Br. The first kappa shape index (κ1) is 11.4. The van der Waals surface area contributed by atoms with Crippen molar-refractivity contribution >= 4 is 27.5 Å². The molecule has 0 atom stereocenters. The Kier molecular flexibility index (Phi) is 3.80. The van der Waals surface area contributed by atoms with Gasteiger partial charge in [-0.3, -0.25) is 4.98 Å². The van der Waals surface area contributed by atoms with E-state index in [-0.39, 0.29) is 0 Å². The van der Waals surface area contributed by atoms with E-state index in [4.69, 9.17) is 16.3 Å². The van der Waals surface area contributed by atoms with Crippen molar-refractivity contribution in [2.24, 2.45) is 0 Å². The van der Waals surface area contributed by atoms with Crippen LogP contribution in [0.3, 0.4) is 0 Å². The molecule has 1 heterocycles. The van der Waals surface area contributed by atoms with Crippen molar-refractivity contribution in [2.45, 2.75) is 5.88 Å². The largest absolute Gasteiger partial charge is 0.456 e. The van der Waals surface area contributed by atoms with E-state index in [0.717, 1.165) is 15.8 Å². The molecule has 82 valence electrons. The molecule has 1 aromatic heterocycles. The highest BCUT2D eigenvalue weighted by Crippen LogP contribution is 2.27. The van der Waals surface area contributed by atoms with Gasteiger partial charge in [-0.1, -0.05) is 22.0 Å². The first-order chi connectivity index (χ1) is 7.79. The summed E-state index contributed by atoms with van der Waals surface area (Å²) in [6.45, 7) is 0. The lowest BCUT2D eigenvalue weighted by molar-refractivity contribution is 0.480. The molecule has 0 spiro atoms. The van der Waals surface area contributed by atoms with Gasteiger partial charge in [-0.2, -0.15) is 0 Å². The fourth-order valence-electron chi connectivity index (χ4n) is 1.24. The van der Waals surface area contributed by atoms with Crippen LogP contribution < -0.4 is 4.74 Å². The molecule has 16 heavy (non-hydrogen) atoms. The summed E-state index contributed by atoms with van der Waals surface area (Å²) in [5, 5.41) is 0. The topological polar surface area (TPSA) is 22.1 Å². The van der Waals surface area contributed by atoms with Crippen molar-refractivity contribution in [3.63, 3.8) is 0 Å². The van der Waals surface area contributed by atoms with Crippen LogP contribution in [0.1, 0.15) is 5.56 Å². The number of benzene rings is 1. The molecule has 0 N–H and O–H groups in total. The maximum atomic E-state index is 5.76. The van der Waals surface area contributed by atoms with Gasteiger partial charge in [-0.05, 0) is 29.8 Å². The molecule has 0 radical (unpaired) electrons. The lowest BCUT2D eigenvalue weighted by atomic mass is 10.2. The van der Waals surface area contributed by atoms with E-state index in [0.29, 0.717) is 11.6 Å². The molecule has 0 unspecified atom stereocenters. The molecular weight excluding hydrogens is 289 g/mol. The van der Waals surface area contributed by atoms with Crippen LogP contribution in [0.4, 0.5) is 0 Å². The summed E-state index contributed by atoms with van der Waals surface area (Å²) in [5.41, 5.74) is 1.04. The number of hydrogen-bond donors (Lipinski definition) is 0. The van der Waals surface area contributed by atoms with Gasteiger partial charge in [0.1, 0.15) is 11.5 Å². The Morgan fingerprint density at radius 2 is 2.12 bits per heavy atom. The van der Waals surface area contributed by atoms with Crippen molar-refractivity contribution in [1.82, 2.24) is 4.98 Å². The minimum absolute atomic E-state index is 0.480. The summed E-state index contributed by atoms with van der Waals surface area (Å²) in [6.07, 6.45) is 3.38. The van der Waals surface area contributed by atoms with Crippen LogP contribution in [0.5, 0.6) is 11.5 Å². The minimum Gasteiger partial charge on any atom is -0.456 e. The molecule has 2 aromatic rings. The van der Waals surface area contributed by atoms with Gasteiger partial charge in [-0.25, -0.2) is 0 Å². The fourth-order valence-corrected chi connectivity index (χ4v) is 2.14. The third-order valence-corrected chi connectivity index (χ3v) is 3.06. The molecule has 4 heteroatoms. The summed E-state index contributed by atoms with van der Waals surface area (Å²) < 4.78 is 6.57. The molecule has 0 bridgehead atoms. The average molecular weight is 299 g/mol. The molecule has 0 amide bonds. The summed E-state index contributed by atoms with van der Waals surface area (Å²) in [5.74, 6) is 1.95. The zero-order valence-corrected chi connectivity index (χ0v) is 10.7. The van der Waals surface area contributed by atoms with Gasteiger partial charge < -0.3 is 4.74 Å².